The van der Waals surface area contributed by atoms with Crippen molar-refractivity contribution < 1.29 is 18.4 Å². The minimum absolute atomic E-state index is 0.150. The van der Waals surface area contributed by atoms with Crippen molar-refractivity contribution in [2.75, 3.05) is 13.1 Å². The molecule has 0 radical (unpaired) electrons. The molecule has 150 valence electrons. The fourth-order valence-electron chi connectivity index (χ4n) is 4.13. The molecule has 2 heterocycles. The van der Waals surface area contributed by atoms with Crippen LogP contribution in [0.25, 0.3) is 0 Å². The highest BCUT2D eigenvalue weighted by atomic mass is 19.1. The molecule has 1 aromatic heterocycles. The summed E-state index contributed by atoms with van der Waals surface area (Å²) < 4.78 is 23.8. The minimum Gasteiger partial charge on any atom is -0.484 e. The van der Waals surface area contributed by atoms with Gasteiger partial charge in [0.1, 0.15) is 11.6 Å². The molecule has 2 fully saturated rings. The van der Waals surface area contributed by atoms with Gasteiger partial charge in [-0.2, -0.15) is 4.98 Å². The lowest BCUT2D eigenvalue weighted by Gasteiger charge is -2.34. The Kier molecular flexibility index (Phi) is 5.88. The lowest BCUT2D eigenvalue weighted by molar-refractivity contribution is -0.137. The van der Waals surface area contributed by atoms with Crippen LogP contribution in [-0.2, 0) is 11.4 Å². The standard InChI is InChI=1S/C21H26FN3O3/c22-17-6-8-18(9-7-17)27-14-19-23-20(24-28-19)15-10-12-25(13-11-15)21(26)16-4-2-1-3-5-16/h6-9,15-16H,1-5,10-14H2. The number of amides is 1. The zero-order valence-corrected chi connectivity index (χ0v) is 16.0. The van der Waals surface area contributed by atoms with E-state index in [9.17, 15) is 9.18 Å². The van der Waals surface area contributed by atoms with Gasteiger partial charge in [-0.25, -0.2) is 4.39 Å². The van der Waals surface area contributed by atoms with E-state index < -0.39 is 0 Å². The van der Waals surface area contributed by atoms with Gasteiger partial charge >= 0.3 is 0 Å². The van der Waals surface area contributed by atoms with Gasteiger partial charge in [0.05, 0.1) is 0 Å². The quantitative estimate of drug-likeness (QED) is 0.773. The number of nitrogens with zero attached hydrogens (tertiary/aromatic N) is 3. The molecule has 28 heavy (non-hydrogen) atoms. The van der Waals surface area contributed by atoms with Crippen LogP contribution in [0.2, 0.25) is 0 Å². The van der Waals surface area contributed by atoms with Crippen molar-refractivity contribution in [3.05, 3.63) is 41.8 Å². The normalized spacial score (nSPS) is 19.0. The van der Waals surface area contributed by atoms with Gasteiger partial charge in [-0.3, -0.25) is 4.79 Å². The van der Waals surface area contributed by atoms with Crippen molar-refractivity contribution in [3.63, 3.8) is 0 Å². The molecular weight excluding hydrogens is 361 g/mol. The Morgan fingerprint density at radius 1 is 1.11 bits per heavy atom. The van der Waals surface area contributed by atoms with Crippen LogP contribution in [-0.4, -0.2) is 34.0 Å². The van der Waals surface area contributed by atoms with Crippen LogP contribution in [0.5, 0.6) is 5.75 Å². The maximum Gasteiger partial charge on any atom is 0.264 e. The van der Waals surface area contributed by atoms with Crippen molar-refractivity contribution in [1.29, 1.82) is 0 Å². The number of hydrogen-bond acceptors (Lipinski definition) is 5. The van der Waals surface area contributed by atoms with E-state index in [1.165, 1.54) is 31.4 Å². The molecule has 1 aromatic carbocycles. The number of likely N-dealkylation sites (tertiary alicyclic amines) is 1. The summed E-state index contributed by atoms with van der Waals surface area (Å²) in [6.45, 7) is 1.67. The maximum atomic E-state index is 12.9. The van der Waals surface area contributed by atoms with Gasteiger partial charge < -0.3 is 14.2 Å². The number of rotatable bonds is 5. The topological polar surface area (TPSA) is 68.5 Å². The zero-order chi connectivity index (χ0) is 19.3. The predicted molar refractivity (Wildman–Crippen MR) is 100 cm³/mol. The molecule has 0 atom stereocenters. The average Bonchev–Trinajstić information content (AvgIpc) is 3.23. The highest BCUT2D eigenvalue weighted by Gasteiger charge is 2.31. The molecule has 2 aromatic rings. The third-order valence-electron chi connectivity index (χ3n) is 5.79. The van der Waals surface area contributed by atoms with E-state index in [2.05, 4.69) is 10.1 Å². The first-order valence-corrected chi connectivity index (χ1v) is 10.2. The van der Waals surface area contributed by atoms with Gasteiger partial charge in [0.15, 0.2) is 12.4 Å². The molecule has 1 saturated heterocycles. The number of piperidine rings is 1. The summed E-state index contributed by atoms with van der Waals surface area (Å²) in [6.07, 6.45) is 7.42. The van der Waals surface area contributed by atoms with Crippen LogP contribution < -0.4 is 4.74 Å². The largest absolute Gasteiger partial charge is 0.484 e. The van der Waals surface area contributed by atoms with Crippen molar-refractivity contribution in [3.8, 4) is 5.75 Å². The summed E-state index contributed by atoms with van der Waals surface area (Å²) in [7, 11) is 0. The Morgan fingerprint density at radius 2 is 1.82 bits per heavy atom. The summed E-state index contributed by atoms with van der Waals surface area (Å²) in [4.78, 5) is 19.1. The second-order valence-electron chi connectivity index (χ2n) is 7.72. The first kappa shape index (κ1) is 18.9. The highest BCUT2D eigenvalue weighted by Crippen LogP contribution is 2.30. The molecule has 1 aliphatic carbocycles. The van der Waals surface area contributed by atoms with Crippen LogP contribution in [0.4, 0.5) is 4.39 Å². The van der Waals surface area contributed by atoms with Gasteiger partial charge in [0.25, 0.3) is 5.89 Å². The van der Waals surface area contributed by atoms with Gasteiger partial charge in [-0.15, -0.1) is 0 Å². The Hall–Kier alpha value is -2.44. The molecule has 1 saturated carbocycles. The second-order valence-corrected chi connectivity index (χ2v) is 7.72. The molecule has 1 amide bonds. The summed E-state index contributed by atoms with van der Waals surface area (Å²) >= 11 is 0. The predicted octanol–water partition coefficient (Wildman–Crippen LogP) is 4.07. The lowest BCUT2D eigenvalue weighted by atomic mass is 9.87. The van der Waals surface area contributed by atoms with Crippen LogP contribution >= 0.6 is 0 Å². The van der Waals surface area contributed by atoms with Crippen LogP contribution in [0.15, 0.2) is 28.8 Å². The van der Waals surface area contributed by atoms with Gasteiger partial charge in [-0.1, -0.05) is 24.4 Å². The third-order valence-corrected chi connectivity index (χ3v) is 5.79. The molecule has 0 unspecified atom stereocenters. The lowest BCUT2D eigenvalue weighted by Crippen LogP contribution is -2.42. The number of benzene rings is 1. The van der Waals surface area contributed by atoms with Crippen molar-refractivity contribution in [2.45, 2.75) is 57.5 Å². The Bertz CT molecular complexity index is 778. The first-order chi connectivity index (χ1) is 13.7. The Labute approximate surface area is 164 Å². The van der Waals surface area contributed by atoms with E-state index in [0.717, 1.165) is 38.8 Å². The van der Waals surface area contributed by atoms with Gasteiger partial charge in [0.2, 0.25) is 5.91 Å². The number of aromatic nitrogens is 2. The molecule has 0 spiro atoms. The summed E-state index contributed by atoms with van der Waals surface area (Å²) in [5, 5.41) is 4.10. The van der Waals surface area contributed by atoms with E-state index >= 15 is 0 Å². The van der Waals surface area contributed by atoms with E-state index in [0.29, 0.717) is 23.4 Å². The third kappa shape index (κ3) is 4.51. The Morgan fingerprint density at radius 3 is 2.54 bits per heavy atom. The van der Waals surface area contributed by atoms with E-state index in [1.807, 2.05) is 4.90 Å². The van der Waals surface area contributed by atoms with E-state index in [-0.39, 0.29) is 24.3 Å². The number of hydrogen-bond donors (Lipinski definition) is 0. The molecule has 2 aliphatic rings. The second kappa shape index (κ2) is 8.71. The fourth-order valence-corrected chi connectivity index (χ4v) is 4.13. The number of halogens is 1. The number of carbonyl (C=O) groups is 1. The van der Waals surface area contributed by atoms with Crippen LogP contribution in [0.1, 0.15) is 62.6 Å². The molecular formula is C21H26FN3O3. The fraction of sp³-hybridized carbons (Fsp3) is 0.571. The molecule has 7 heteroatoms. The summed E-state index contributed by atoms with van der Waals surface area (Å²) in [5.74, 6) is 2.10. The number of carbonyl (C=O) groups excluding carboxylic acids is 1. The molecule has 6 nitrogen and oxygen atoms in total. The van der Waals surface area contributed by atoms with Crippen LogP contribution in [0.3, 0.4) is 0 Å². The van der Waals surface area contributed by atoms with E-state index in [4.69, 9.17) is 9.26 Å². The van der Waals surface area contributed by atoms with E-state index in [1.54, 1.807) is 12.1 Å². The number of ether oxygens (including phenoxy) is 1. The van der Waals surface area contributed by atoms with Crippen molar-refractivity contribution in [1.82, 2.24) is 15.0 Å². The van der Waals surface area contributed by atoms with Gasteiger partial charge in [0, 0.05) is 24.9 Å². The average molecular weight is 387 g/mol. The van der Waals surface area contributed by atoms with Crippen LogP contribution in [0, 0.1) is 11.7 Å². The summed E-state index contributed by atoms with van der Waals surface area (Å²) in [5.41, 5.74) is 0. The highest BCUT2D eigenvalue weighted by molar-refractivity contribution is 5.79. The first-order valence-electron chi connectivity index (χ1n) is 10.2. The molecule has 0 N–H and O–H groups in total. The summed E-state index contributed by atoms with van der Waals surface area (Å²) in [6, 6.07) is 5.81. The Balaban J connectivity index is 1.26. The zero-order valence-electron chi connectivity index (χ0n) is 16.0. The van der Waals surface area contributed by atoms with Gasteiger partial charge in [-0.05, 0) is 49.9 Å². The monoisotopic (exact) mass is 387 g/mol. The SMILES string of the molecule is O=C(C1CCCCC1)N1CCC(c2noc(COc3ccc(F)cc3)n2)CC1. The minimum atomic E-state index is -0.305. The molecule has 1 aliphatic heterocycles. The molecule has 4 rings (SSSR count). The van der Waals surface area contributed by atoms with Crippen molar-refractivity contribution >= 4 is 5.91 Å². The molecule has 0 bridgehead atoms. The van der Waals surface area contributed by atoms with Crippen molar-refractivity contribution in [2.24, 2.45) is 5.92 Å². The maximum absolute atomic E-state index is 12.9. The smallest absolute Gasteiger partial charge is 0.264 e.